The minimum absolute atomic E-state index is 0.722. The maximum absolute atomic E-state index is 6.10. The molecular weight excluding hydrogens is 378 g/mol. The Kier molecular flexibility index (Phi) is 8.33. The van der Waals surface area contributed by atoms with E-state index in [2.05, 4.69) is 59.4 Å². The van der Waals surface area contributed by atoms with E-state index in [4.69, 9.17) is 11.6 Å². The van der Waals surface area contributed by atoms with Crippen LogP contribution in [0.2, 0.25) is 5.02 Å². The maximum Gasteiger partial charge on any atom is 0.0737 e. The lowest BCUT2D eigenvalue weighted by atomic mass is 10.0. The average molecular weight is 410 g/mol. The first-order valence-corrected chi connectivity index (χ1v) is 11.1. The number of nitrogens with zero attached hydrogens (tertiary/aromatic N) is 2. The van der Waals surface area contributed by atoms with E-state index in [-0.39, 0.29) is 0 Å². The van der Waals surface area contributed by atoms with Gasteiger partial charge in [-0.05, 0) is 42.2 Å². The standard InChI is InChI=1S/C25H32ClN3/c1-3-20(4-2)18-29(19-21-9-6-5-7-10-21)16-8-14-27-24-13-15-28-25-17-22(26)11-12-23(24)25/h5-7,9-13,15,17,20H,3-4,8,14,16,18-19H2,1-2H3,(H,27,28). The predicted octanol–water partition coefficient (Wildman–Crippen LogP) is 6.63. The van der Waals surface area contributed by atoms with Crippen LogP contribution in [0.25, 0.3) is 10.9 Å². The lowest BCUT2D eigenvalue weighted by Gasteiger charge is -2.27. The van der Waals surface area contributed by atoms with Gasteiger partial charge in [0, 0.05) is 48.5 Å². The second-order valence-corrected chi connectivity index (χ2v) is 8.14. The maximum atomic E-state index is 6.10. The molecule has 0 unspecified atom stereocenters. The third-order valence-corrected chi connectivity index (χ3v) is 5.83. The number of nitrogens with one attached hydrogen (secondary N) is 1. The van der Waals surface area contributed by atoms with E-state index in [1.807, 2.05) is 30.5 Å². The van der Waals surface area contributed by atoms with Crippen molar-refractivity contribution in [3.8, 4) is 0 Å². The zero-order valence-corrected chi connectivity index (χ0v) is 18.3. The van der Waals surface area contributed by atoms with Gasteiger partial charge in [0.1, 0.15) is 0 Å². The molecule has 29 heavy (non-hydrogen) atoms. The molecule has 0 saturated carbocycles. The lowest BCUT2D eigenvalue weighted by molar-refractivity contribution is 0.215. The number of halogens is 1. The Labute approximate surface area is 180 Å². The predicted molar refractivity (Wildman–Crippen MR) is 126 cm³/mol. The highest BCUT2D eigenvalue weighted by Gasteiger charge is 2.12. The van der Waals surface area contributed by atoms with Gasteiger partial charge in [0.25, 0.3) is 0 Å². The van der Waals surface area contributed by atoms with E-state index < -0.39 is 0 Å². The van der Waals surface area contributed by atoms with Crippen LogP contribution in [0.4, 0.5) is 5.69 Å². The van der Waals surface area contributed by atoms with E-state index in [0.717, 1.165) is 53.6 Å². The summed E-state index contributed by atoms with van der Waals surface area (Å²) in [6, 6.07) is 18.7. The Morgan fingerprint density at radius 1 is 1.03 bits per heavy atom. The largest absolute Gasteiger partial charge is 0.384 e. The van der Waals surface area contributed by atoms with Crippen LogP contribution in [-0.4, -0.2) is 29.5 Å². The van der Waals surface area contributed by atoms with E-state index in [1.54, 1.807) is 0 Å². The summed E-state index contributed by atoms with van der Waals surface area (Å²) in [5, 5.41) is 5.44. The van der Waals surface area contributed by atoms with Crippen molar-refractivity contribution in [1.82, 2.24) is 9.88 Å². The molecule has 1 aromatic heterocycles. The van der Waals surface area contributed by atoms with E-state index >= 15 is 0 Å². The van der Waals surface area contributed by atoms with Gasteiger partial charge >= 0.3 is 0 Å². The summed E-state index contributed by atoms with van der Waals surface area (Å²) >= 11 is 6.10. The SMILES string of the molecule is CCC(CC)CN(CCCNc1ccnc2cc(Cl)ccc12)Cc1ccccc1. The van der Waals surface area contributed by atoms with Crippen LogP contribution in [0.1, 0.15) is 38.7 Å². The van der Waals surface area contributed by atoms with Crippen LogP contribution in [0.15, 0.2) is 60.8 Å². The fraction of sp³-hybridized carbons (Fsp3) is 0.400. The lowest BCUT2D eigenvalue weighted by Crippen LogP contribution is -2.31. The summed E-state index contributed by atoms with van der Waals surface area (Å²) in [5.74, 6) is 0.764. The number of fused-ring (bicyclic) bond motifs is 1. The van der Waals surface area contributed by atoms with Crippen LogP contribution < -0.4 is 5.32 Å². The van der Waals surface area contributed by atoms with Gasteiger partial charge in [-0.1, -0.05) is 68.6 Å². The van der Waals surface area contributed by atoms with Crippen molar-refractivity contribution in [2.45, 2.75) is 39.7 Å². The van der Waals surface area contributed by atoms with E-state index in [1.165, 1.54) is 24.9 Å². The molecule has 0 spiro atoms. The van der Waals surface area contributed by atoms with Gasteiger partial charge < -0.3 is 5.32 Å². The summed E-state index contributed by atoms with van der Waals surface area (Å²) in [5.41, 5.74) is 3.45. The van der Waals surface area contributed by atoms with Crippen LogP contribution >= 0.6 is 11.6 Å². The molecule has 0 atom stereocenters. The number of benzene rings is 2. The monoisotopic (exact) mass is 409 g/mol. The van der Waals surface area contributed by atoms with E-state index in [9.17, 15) is 0 Å². The Hall–Kier alpha value is -2.10. The minimum atomic E-state index is 0.722. The topological polar surface area (TPSA) is 28.2 Å². The van der Waals surface area contributed by atoms with Crippen molar-refractivity contribution in [2.75, 3.05) is 25.0 Å². The molecule has 0 aliphatic carbocycles. The molecule has 154 valence electrons. The van der Waals surface area contributed by atoms with Crippen LogP contribution in [-0.2, 0) is 6.54 Å². The minimum Gasteiger partial charge on any atom is -0.384 e. The Morgan fingerprint density at radius 2 is 1.83 bits per heavy atom. The van der Waals surface area contributed by atoms with Gasteiger partial charge in [-0.15, -0.1) is 0 Å². The van der Waals surface area contributed by atoms with E-state index in [0.29, 0.717) is 0 Å². The summed E-state index contributed by atoms with van der Waals surface area (Å²) in [7, 11) is 0. The number of pyridine rings is 1. The molecule has 0 aliphatic heterocycles. The molecule has 2 aromatic carbocycles. The summed E-state index contributed by atoms with van der Waals surface area (Å²) < 4.78 is 0. The second kappa shape index (κ2) is 11.2. The number of aromatic nitrogens is 1. The van der Waals surface area contributed by atoms with Gasteiger partial charge in [0.05, 0.1) is 5.52 Å². The Morgan fingerprint density at radius 3 is 2.59 bits per heavy atom. The molecule has 4 heteroatoms. The molecule has 3 aromatic rings. The number of rotatable bonds is 11. The van der Waals surface area contributed by atoms with Gasteiger partial charge in [0.2, 0.25) is 0 Å². The molecule has 3 nitrogen and oxygen atoms in total. The highest BCUT2D eigenvalue weighted by Crippen LogP contribution is 2.24. The quantitative estimate of drug-likeness (QED) is 0.360. The number of hydrogen-bond donors (Lipinski definition) is 1. The number of anilines is 1. The first kappa shape index (κ1) is 21.6. The van der Waals surface area contributed by atoms with Crippen molar-refractivity contribution >= 4 is 28.2 Å². The van der Waals surface area contributed by atoms with Crippen molar-refractivity contribution < 1.29 is 0 Å². The molecule has 0 radical (unpaired) electrons. The molecule has 0 bridgehead atoms. The van der Waals surface area contributed by atoms with Crippen molar-refractivity contribution in [1.29, 1.82) is 0 Å². The molecule has 0 aliphatic rings. The summed E-state index contributed by atoms with van der Waals surface area (Å²) in [6.45, 7) is 8.82. The smallest absolute Gasteiger partial charge is 0.0737 e. The molecule has 0 fully saturated rings. The number of hydrogen-bond acceptors (Lipinski definition) is 3. The first-order valence-electron chi connectivity index (χ1n) is 10.7. The van der Waals surface area contributed by atoms with Gasteiger partial charge in [-0.3, -0.25) is 9.88 Å². The first-order chi connectivity index (χ1) is 14.2. The summed E-state index contributed by atoms with van der Waals surface area (Å²) in [6.07, 6.45) is 5.43. The normalized spacial score (nSPS) is 11.5. The van der Waals surface area contributed by atoms with Crippen molar-refractivity contribution in [3.05, 3.63) is 71.4 Å². The zero-order valence-electron chi connectivity index (χ0n) is 17.6. The molecule has 0 saturated heterocycles. The summed E-state index contributed by atoms with van der Waals surface area (Å²) in [4.78, 5) is 7.04. The van der Waals surface area contributed by atoms with Crippen molar-refractivity contribution in [3.63, 3.8) is 0 Å². The fourth-order valence-electron chi connectivity index (χ4n) is 3.79. The Balaban J connectivity index is 1.58. The van der Waals surface area contributed by atoms with Crippen LogP contribution in [0.3, 0.4) is 0 Å². The second-order valence-electron chi connectivity index (χ2n) is 7.70. The molecule has 1 N–H and O–H groups in total. The van der Waals surface area contributed by atoms with Gasteiger partial charge in [-0.25, -0.2) is 0 Å². The highest BCUT2D eigenvalue weighted by atomic mass is 35.5. The van der Waals surface area contributed by atoms with Crippen molar-refractivity contribution in [2.24, 2.45) is 5.92 Å². The molecular formula is C25H32ClN3. The third kappa shape index (κ3) is 6.45. The highest BCUT2D eigenvalue weighted by molar-refractivity contribution is 6.31. The third-order valence-electron chi connectivity index (χ3n) is 5.59. The molecule has 3 rings (SSSR count). The van der Waals surface area contributed by atoms with Gasteiger partial charge in [-0.2, -0.15) is 0 Å². The molecule has 0 amide bonds. The Bertz CT molecular complexity index is 878. The average Bonchev–Trinajstić information content (AvgIpc) is 2.75. The van der Waals surface area contributed by atoms with Crippen LogP contribution in [0.5, 0.6) is 0 Å². The fourth-order valence-corrected chi connectivity index (χ4v) is 3.96. The zero-order chi connectivity index (χ0) is 20.5. The van der Waals surface area contributed by atoms with Crippen LogP contribution in [0, 0.1) is 5.92 Å². The van der Waals surface area contributed by atoms with Gasteiger partial charge in [0.15, 0.2) is 0 Å². The molecule has 1 heterocycles.